The zero-order chi connectivity index (χ0) is 12.3. The van der Waals surface area contributed by atoms with Crippen molar-refractivity contribution in [3.8, 4) is 0 Å². The van der Waals surface area contributed by atoms with Gasteiger partial charge in [-0.05, 0) is 13.8 Å². The molecule has 0 aromatic carbocycles. The number of carbonyl (C=O) groups is 3. The third-order valence-electron chi connectivity index (χ3n) is 2.73. The van der Waals surface area contributed by atoms with Gasteiger partial charge in [-0.1, -0.05) is 0 Å². The number of carboxylic acid groups (broad SMARTS) is 1. The van der Waals surface area contributed by atoms with Crippen molar-refractivity contribution in [3.05, 3.63) is 0 Å². The molecule has 1 atom stereocenters. The first-order valence-corrected chi connectivity index (χ1v) is 5.10. The third-order valence-corrected chi connectivity index (χ3v) is 2.73. The van der Waals surface area contributed by atoms with Crippen LogP contribution in [-0.2, 0) is 14.3 Å². The summed E-state index contributed by atoms with van der Waals surface area (Å²) in [5.74, 6) is -1.55. The van der Waals surface area contributed by atoms with Crippen molar-refractivity contribution in [2.75, 3.05) is 19.7 Å². The number of ketones is 1. The van der Waals surface area contributed by atoms with Gasteiger partial charge >= 0.3 is 12.1 Å². The number of carboxylic acids is 1. The normalized spacial score (nSPS) is 25.4. The van der Waals surface area contributed by atoms with Gasteiger partial charge in [0.2, 0.25) is 0 Å². The van der Waals surface area contributed by atoms with E-state index in [1.807, 2.05) is 0 Å². The van der Waals surface area contributed by atoms with Crippen molar-refractivity contribution in [1.82, 2.24) is 4.90 Å². The van der Waals surface area contributed by atoms with E-state index in [-0.39, 0.29) is 31.9 Å². The largest absolute Gasteiger partial charge is 0.480 e. The molecule has 1 fully saturated rings. The van der Waals surface area contributed by atoms with Gasteiger partial charge < -0.3 is 14.7 Å². The van der Waals surface area contributed by atoms with Gasteiger partial charge in [-0.3, -0.25) is 9.59 Å². The Balaban J connectivity index is 2.79. The van der Waals surface area contributed by atoms with Gasteiger partial charge in [-0.25, -0.2) is 4.79 Å². The lowest BCUT2D eigenvalue weighted by Gasteiger charge is -2.35. The molecule has 0 radical (unpaired) electrons. The number of nitrogens with zero attached hydrogens (tertiary/aromatic N) is 1. The van der Waals surface area contributed by atoms with Crippen LogP contribution < -0.4 is 0 Å². The van der Waals surface area contributed by atoms with E-state index in [2.05, 4.69) is 0 Å². The summed E-state index contributed by atoms with van der Waals surface area (Å²) in [5, 5.41) is 9.00. The second kappa shape index (κ2) is 4.51. The van der Waals surface area contributed by atoms with E-state index < -0.39 is 17.5 Å². The van der Waals surface area contributed by atoms with Crippen LogP contribution in [0.3, 0.4) is 0 Å². The van der Waals surface area contributed by atoms with Crippen LogP contribution in [0.15, 0.2) is 0 Å². The van der Waals surface area contributed by atoms with Gasteiger partial charge in [-0.15, -0.1) is 0 Å². The van der Waals surface area contributed by atoms with E-state index in [4.69, 9.17) is 9.84 Å². The Labute approximate surface area is 93.2 Å². The van der Waals surface area contributed by atoms with Crippen LogP contribution in [0.5, 0.6) is 0 Å². The zero-order valence-electron chi connectivity index (χ0n) is 9.36. The molecule has 1 saturated heterocycles. The topological polar surface area (TPSA) is 83.9 Å². The minimum absolute atomic E-state index is 0.0572. The lowest BCUT2D eigenvalue weighted by atomic mass is 9.81. The van der Waals surface area contributed by atoms with Crippen LogP contribution in [0.2, 0.25) is 0 Å². The van der Waals surface area contributed by atoms with E-state index in [0.29, 0.717) is 0 Å². The molecule has 0 aliphatic carbocycles. The number of Topliss-reactive ketones (excluding diaryl/α,β-unsaturated/α-hetero) is 1. The van der Waals surface area contributed by atoms with Crippen molar-refractivity contribution < 1.29 is 24.2 Å². The third kappa shape index (κ3) is 2.15. The van der Waals surface area contributed by atoms with Crippen molar-refractivity contribution in [3.63, 3.8) is 0 Å². The van der Waals surface area contributed by atoms with Crippen LogP contribution in [0, 0.1) is 5.41 Å². The van der Waals surface area contributed by atoms with Crippen molar-refractivity contribution in [2.24, 2.45) is 5.41 Å². The molecule has 1 heterocycles. The summed E-state index contributed by atoms with van der Waals surface area (Å²) in [7, 11) is 0. The van der Waals surface area contributed by atoms with E-state index in [1.165, 1.54) is 11.8 Å². The standard InChI is InChI=1S/C10H15NO5/c1-3-16-9(15)11-5-4-7(12)10(2,6-11)8(13)14/h3-6H2,1-2H3,(H,13,14). The predicted molar refractivity (Wildman–Crippen MR) is 54.0 cm³/mol. The highest BCUT2D eigenvalue weighted by Crippen LogP contribution is 2.26. The average molecular weight is 229 g/mol. The molecular formula is C10H15NO5. The van der Waals surface area contributed by atoms with Gasteiger partial charge in [0.15, 0.2) is 5.78 Å². The molecule has 0 saturated carbocycles. The first-order valence-electron chi connectivity index (χ1n) is 5.10. The van der Waals surface area contributed by atoms with Crippen LogP contribution in [0.4, 0.5) is 4.79 Å². The summed E-state index contributed by atoms with van der Waals surface area (Å²) in [6, 6.07) is 0. The molecule has 1 unspecified atom stereocenters. The summed E-state index contributed by atoms with van der Waals surface area (Å²) in [6.45, 7) is 3.33. The summed E-state index contributed by atoms with van der Waals surface area (Å²) < 4.78 is 4.77. The second-order valence-electron chi connectivity index (χ2n) is 3.93. The first kappa shape index (κ1) is 12.5. The maximum absolute atomic E-state index is 11.5. The van der Waals surface area contributed by atoms with Gasteiger partial charge in [0.1, 0.15) is 5.41 Å². The number of hydrogen-bond donors (Lipinski definition) is 1. The Hall–Kier alpha value is -1.59. The van der Waals surface area contributed by atoms with Crippen molar-refractivity contribution >= 4 is 17.8 Å². The number of hydrogen-bond acceptors (Lipinski definition) is 4. The monoisotopic (exact) mass is 229 g/mol. The predicted octanol–water partition coefficient (Wildman–Crippen LogP) is 0.509. The highest BCUT2D eigenvalue weighted by Gasteiger charge is 2.46. The van der Waals surface area contributed by atoms with Crippen LogP contribution >= 0.6 is 0 Å². The molecule has 1 aliphatic rings. The fraction of sp³-hybridized carbons (Fsp3) is 0.700. The number of ether oxygens (including phenoxy) is 1. The number of amides is 1. The molecule has 1 aliphatic heterocycles. The Kier molecular flexibility index (Phi) is 3.51. The molecule has 0 aromatic heterocycles. The fourth-order valence-corrected chi connectivity index (χ4v) is 1.62. The second-order valence-corrected chi connectivity index (χ2v) is 3.93. The number of rotatable bonds is 2. The van der Waals surface area contributed by atoms with Crippen molar-refractivity contribution in [2.45, 2.75) is 20.3 Å². The number of aliphatic carboxylic acids is 1. The maximum atomic E-state index is 11.5. The molecule has 90 valence electrons. The van der Waals surface area contributed by atoms with E-state index in [1.54, 1.807) is 6.92 Å². The summed E-state index contributed by atoms with van der Waals surface area (Å²) in [4.78, 5) is 35.2. The molecule has 0 bridgehead atoms. The highest BCUT2D eigenvalue weighted by atomic mass is 16.6. The Morgan fingerprint density at radius 1 is 1.56 bits per heavy atom. The molecule has 16 heavy (non-hydrogen) atoms. The number of piperidine rings is 1. The minimum Gasteiger partial charge on any atom is -0.480 e. The lowest BCUT2D eigenvalue weighted by Crippen LogP contribution is -2.53. The zero-order valence-corrected chi connectivity index (χ0v) is 9.36. The van der Waals surface area contributed by atoms with Crippen molar-refractivity contribution in [1.29, 1.82) is 0 Å². The number of carbonyl (C=O) groups excluding carboxylic acids is 2. The van der Waals surface area contributed by atoms with E-state index in [9.17, 15) is 14.4 Å². The average Bonchev–Trinajstić information content (AvgIpc) is 2.22. The highest BCUT2D eigenvalue weighted by molar-refractivity contribution is 6.04. The SMILES string of the molecule is CCOC(=O)N1CCC(=O)C(C)(C(=O)O)C1. The summed E-state index contributed by atoms with van der Waals surface area (Å²) in [6.07, 6.45) is -0.510. The fourth-order valence-electron chi connectivity index (χ4n) is 1.62. The van der Waals surface area contributed by atoms with Crippen LogP contribution in [0.1, 0.15) is 20.3 Å². The smallest absolute Gasteiger partial charge is 0.409 e. The number of likely N-dealkylation sites (tertiary alicyclic amines) is 1. The molecule has 0 spiro atoms. The first-order chi connectivity index (χ1) is 7.41. The van der Waals surface area contributed by atoms with Gasteiger partial charge in [0.05, 0.1) is 6.61 Å². The van der Waals surface area contributed by atoms with E-state index in [0.717, 1.165) is 0 Å². The van der Waals surface area contributed by atoms with E-state index >= 15 is 0 Å². The molecule has 6 heteroatoms. The Bertz CT molecular complexity index is 327. The van der Waals surface area contributed by atoms with Gasteiger partial charge in [0, 0.05) is 19.5 Å². The molecule has 1 amide bonds. The maximum Gasteiger partial charge on any atom is 0.409 e. The molecular weight excluding hydrogens is 214 g/mol. The lowest BCUT2D eigenvalue weighted by molar-refractivity contribution is -0.156. The summed E-state index contributed by atoms with van der Waals surface area (Å²) >= 11 is 0. The van der Waals surface area contributed by atoms with Crippen LogP contribution in [0.25, 0.3) is 0 Å². The minimum atomic E-state index is -1.51. The van der Waals surface area contributed by atoms with Crippen LogP contribution in [-0.4, -0.2) is 47.5 Å². The Morgan fingerprint density at radius 2 is 2.19 bits per heavy atom. The molecule has 6 nitrogen and oxygen atoms in total. The molecule has 1 rings (SSSR count). The quantitative estimate of drug-likeness (QED) is 0.697. The molecule has 1 N–H and O–H groups in total. The van der Waals surface area contributed by atoms with Gasteiger partial charge in [-0.2, -0.15) is 0 Å². The molecule has 0 aromatic rings. The van der Waals surface area contributed by atoms with Gasteiger partial charge in [0.25, 0.3) is 0 Å². The Morgan fingerprint density at radius 3 is 2.69 bits per heavy atom. The summed E-state index contributed by atoms with van der Waals surface area (Å²) in [5.41, 5.74) is -1.51.